The van der Waals surface area contributed by atoms with Gasteiger partial charge in [0.15, 0.2) is 0 Å². The number of rotatable bonds is 15. The number of halogens is 1. The van der Waals surface area contributed by atoms with E-state index >= 15 is 0 Å². The fourth-order valence-corrected chi connectivity index (χ4v) is 7.34. The summed E-state index contributed by atoms with van der Waals surface area (Å²) < 4.78 is 7.93. The van der Waals surface area contributed by atoms with Crippen molar-refractivity contribution in [3.05, 3.63) is 0 Å². The maximum atomic E-state index is 7.34. The van der Waals surface area contributed by atoms with Crippen molar-refractivity contribution in [3.8, 4) is 0 Å². The zero-order chi connectivity index (χ0) is 17.7. The molecule has 0 aliphatic rings. The van der Waals surface area contributed by atoms with Crippen molar-refractivity contribution >= 4 is 7.87 Å². The fraction of sp³-hybridized carbons (Fsp3) is 1.00. The summed E-state index contributed by atoms with van der Waals surface area (Å²) >= 11 is 0. The van der Waals surface area contributed by atoms with E-state index in [1.165, 1.54) is 38.5 Å². The molecule has 6 heteroatoms. The molecular formula is C18H44ClN4P. The highest BCUT2D eigenvalue weighted by Crippen LogP contribution is 2.61. The van der Waals surface area contributed by atoms with Crippen molar-refractivity contribution in [1.82, 2.24) is 14.0 Å². The molecule has 0 atom stereocenters. The maximum Gasteiger partial charge on any atom is 0.303 e. The summed E-state index contributed by atoms with van der Waals surface area (Å²) in [6.07, 6.45) is 7.07. The molecule has 0 unspecified atom stereocenters. The van der Waals surface area contributed by atoms with Crippen LogP contribution in [-0.2, 0) is 0 Å². The first-order valence-corrected chi connectivity index (χ1v) is 11.7. The van der Waals surface area contributed by atoms with Gasteiger partial charge in [0.2, 0.25) is 0 Å². The van der Waals surface area contributed by atoms with Crippen LogP contribution in [0.25, 0.3) is 0 Å². The molecule has 4 nitrogen and oxygen atoms in total. The highest BCUT2D eigenvalue weighted by atomic mass is 35.5. The van der Waals surface area contributed by atoms with Gasteiger partial charge in [-0.15, -0.1) is 14.0 Å². The summed E-state index contributed by atoms with van der Waals surface area (Å²) in [5.74, 6) is 0. The third-order valence-electron chi connectivity index (χ3n) is 4.14. The molecule has 0 amide bonds. The molecule has 0 aromatic heterocycles. The SMILES string of the molecule is CCCN(CCC)[P+](N)(N(CCC)CCC)N(CCC)CCC.[Cl-]. The van der Waals surface area contributed by atoms with Crippen molar-refractivity contribution in [1.29, 1.82) is 0 Å². The van der Waals surface area contributed by atoms with Crippen LogP contribution >= 0.6 is 7.87 Å². The van der Waals surface area contributed by atoms with E-state index in [0.29, 0.717) is 0 Å². The molecule has 0 radical (unpaired) electrons. The van der Waals surface area contributed by atoms with E-state index in [4.69, 9.17) is 5.50 Å². The van der Waals surface area contributed by atoms with Gasteiger partial charge in [-0.2, -0.15) is 5.50 Å². The van der Waals surface area contributed by atoms with Crippen molar-refractivity contribution in [2.24, 2.45) is 5.50 Å². The van der Waals surface area contributed by atoms with E-state index in [1.807, 2.05) is 0 Å². The lowest BCUT2D eigenvalue weighted by molar-refractivity contribution is -0.00000573. The molecule has 2 N–H and O–H groups in total. The van der Waals surface area contributed by atoms with Gasteiger partial charge in [-0.1, -0.05) is 41.5 Å². The van der Waals surface area contributed by atoms with Gasteiger partial charge in [0, 0.05) is 39.3 Å². The minimum Gasteiger partial charge on any atom is -1.00 e. The first-order valence-electron chi connectivity index (χ1n) is 10.00. The molecule has 0 saturated carbocycles. The van der Waals surface area contributed by atoms with Crippen LogP contribution in [0.4, 0.5) is 0 Å². The monoisotopic (exact) mass is 382 g/mol. The molecule has 0 aromatic rings. The Morgan fingerprint density at radius 2 is 0.667 bits per heavy atom. The van der Waals surface area contributed by atoms with Gasteiger partial charge < -0.3 is 12.4 Å². The summed E-state index contributed by atoms with van der Waals surface area (Å²) in [7, 11) is -1.90. The number of nitrogens with two attached hydrogens (primary N) is 1. The lowest BCUT2D eigenvalue weighted by Gasteiger charge is -2.44. The first-order chi connectivity index (χ1) is 11.1. The summed E-state index contributed by atoms with van der Waals surface area (Å²) in [5.41, 5.74) is 7.34. The minimum atomic E-state index is -1.90. The standard InChI is InChI=1S/C18H44N4P.ClH/c1-7-13-20(14-8-2)23(19,21(15-9-3)16-10-4)22(17-11-5)18-12-6;/h7-19H2,1-6H3;1H/q+1;/p-1. The van der Waals surface area contributed by atoms with Crippen LogP contribution in [0.5, 0.6) is 0 Å². The molecule has 0 rings (SSSR count). The third kappa shape index (κ3) is 7.85. The minimum absolute atomic E-state index is 0. The molecule has 0 bridgehead atoms. The second-order valence-electron chi connectivity index (χ2n) is 6.48. The molecule has 0 aliphatic heterocycles. The molecule has 24 heavy (non-hydrogen) atoms. The quantitative estimate of drug-likeness (QED) is 0.439. The Bertz CT molecular complexity index is 223. The van der Waals surface area contributed by atoms with E-state index in [0.717, 1.165) is 39.3 Å². The predicted octanol–water partition coefficient (Wildman–Crippen LogP) is 1.99. The lowest BCUT2D eigenvalue weighted by atomic mass is 10.4. The molecule has 0 heterocycles. The molecule has 0 aromatic carbocycles. The highest BCUT2D eigenvalue weighted by molar-refractivity contribution is 7.66. The average molecular weight is 383 g/mol. The number of hydrogen-bond donors (Lipinski definition) is 1. The lowest BCUT2D eigenvalue weighted by Crippen LogP contribution is -3.00. The van der Waals surface area contributed by atoms with Gasteiger partial charge in [-0.05, 0) is 38.5 Å². The Morgan fingerprint density at radius 1 is 0.500 bits per heavy atom. The Hall–Kier alpha value is 0.560. The maximum absolute atomic E-state index is 7.34. The van der Waals surface area contributed by atoms with Crippen molar-refractivity contribution in [2.75, 3.05) is 39.3 Å². The van der Waals surface area contributed by atoms with Crippen LogP contribution in [-0.4, -0.2) is 53.3 Å². The van der Waals surface area contributed by atoms with Crippen molar-refractivity contribution in [3.63, 3.8) is 0 Å². The topological polar surface area (TPSA) is 35.7 Å². The fourth-order valence-electron chi connectivity index (χ4n) is 3.30. The van der Waals surface area contributed by atoms with Crippen LogP contribution in [0, 0.1) is 0 Å². The van der Waals surface area contributed by atoms with Crippen molar-refractivity contribution < 1.29 is 12.4 Å². The van der Waals surface area contributed by atoms with E-state index in [2.05, 4.69) is 55.6 Å². The Labute approximate surface area is 159 Å². The van der Waals surface area contributed by atoms with Crippen LogP contribution in [0.15, 0.2) is 0 Å². The first kappa shape index (κ1) is 26.8. The average Bonchev–Trinajstić information content (AvgIpc) is 2.53. The van der Waals surface area contributed by atoms with E-state index in [-0.39, 0.29) is 12.4 Å². The predicted molar refractivity (Wildman–Crippen MR) is 108 cm³/mol. The highest BCUT2D eigenvalue weighted by Gasteiger charge is 2.52. The van der Waals surface area contributed by atoms with Gasteiger partial charge in [-0.3, -0.25) is 0 Å². The van der Waals surface area contributed by atoms with E-state index in [1.54, 1.807) is 0 Å². The number of nitrogens with zero attached hydrogens (tertiary/aromatic N) is 3. The van der Waals surface area contributed by atoms with E-state index < -0.39 is 7.87 Å². The largest absolute Gasteiger partial charge is 1.00 e. The normalized spacial score (nSPS) is 12.2. The number of hydrogen-bond acceptors (Lipinski definition) is 4. The second-order valence-corrected chi connectivity index (χ2v) is 9.40. The Kier molecular flexibility index (Phi) is 17.6. The zero-order valence-electron chi connectivity index (χ0n) is 17.2. The molecule has 0 fully saturated rings. The molecular weight excluding hydrogens is 339 g/mol. The summed E-state index contributed by atoms with van der Waals surface area (Å²) in [5, 5.41) is 0. The second kappa shape index (κ2) is 15.8. The third-order valence-corrected chi connectivity index (χ3v) is 7.84. The summed E-state index contributed by atoms with van der Waals surface area (Å²) in [6.45, 7) is 20.4. The van der Waals surface area contributed by atoms with Gasteiger partial charge in [0.25, 0.3) is 0 Å². The van der Waals surface area contributed by atoms with Crippen LogP contribution in [0.1, 0.15) is 80.1 Å². The summed E-state index contributed by atoms with van der Waals surface area (Å²) in [6, 6.07) is 0. The Balaban J connectivity index is 0. The van der Waals surface area contributed by atoms with Crippen LogP contribution < -0.4 is 17.9 Å². The smallest absolute Gasteiger partial charge is 0.303 e. The molecule has 0 saturated heterocycles. The molecule has 0 aliphatic carbocycles. The summed E-state index contributed by atoms with van der Waals surface area (Å²) in [4.78, 5) is 0. The van der Waals surface area contributed by atoms with Gasteiger partial charge in [-0.25, -0.2) is 0 Å². The van der Waals surface area contributed by atoms with E-state index in [9.17, 15) is 0 Å². The molecule has 148 valence electrons. The van der Waals surface area contributed by atoms with Gasteiger partial charge in [0.1, 0.15) is 0 Å². The van der Waals surface area contributed by atoms with Gasteiger partial charge >= 0.3 is 7.87 Å². The Morgan fingerprint density at radius 3 is 0.792 bits per heavy atom. The molecule has 0 spiro atoms. The van der Waals surface area contributed by atoms with Crippen LogP contribution in [0.3, 0.4) is 0 Å². The van der Waals surface area contributed by atoms with Gasteiger partial charge in [0.05, 0.1) is 0 Å². The van der Waals surface area contributed by atoms with Crippen LogP contribution in [0.2, 0.25) is 0 Å². The van der Waals surface area contributed by atoms with Crippen molar-refractivity contribution in [2.45, 2.75) is 80.1 Å². The zero-order valence-corrected chi connectivity index (χ0v) is 18.9.